The topological polar surface area (TPSA) is 72.2 Å². The Kier molecular flexibility index (Phi) is 6.11. The summed E-state index contributed by atoms with van der Waals surface area (Å²) in [5.74, 6) is 0.877. The molecule has 2 heterocycles. The van der Waals surface area contributed by atoms with Gasteiger partial charge in [-0.1, -0.05) is 49.0 Å². The van der Waals surface area contributed by atoms with E-state index in [2.05, 4.69) is 39.4 Å². The van der Waals surface area contributed by atoms with Gasteiger partial charge in [0.2, 0.25) is 11.1 Å². The molecule has 0 saturated carbocycles. The first-order valence-electron chi connectivity index (χ1n) is 9.18. The van der Waals surface area contributed by atoms with Crippen LogP contribution in [-0.4, -0.2) is 37.3 Å². The number of rotatable bonds is 7. The van der Waals surface area contributed by atoms with Crippen molar-refractivity contribution in [2.75, 3.05) is 6.54 Å². The van der Waals surface area contributed by atoms with Crippen LogP contribution in [-0.2, 0) is 4.79 Å². The molecule has 2 aromatic heterocycles. The Morgan fingerprint density at radius 1 is 1.22 bits per heavy atom. The quantitative estimate of drug-likeness (QED) is 0.632. The fourth-order valence-corrected chi connectivity index (χ4v) is 3.77. The van der Waals surface area contributed by atoms with Crippen molar-refractivity contribution >= 4 is 23.4 Å². The van der Waals surface area contributed by atoms with Gasteiger partial charge in [-0.05, 0) is 38.8 Å². The average Bonchev–Trinajstić information content (AvgIpc) is 3.05. The summed E-state index contributed by atoms with van der Waals surface area (Å²) in [4.78, 5) is 21.4. The SMILES string of the molecule is CC[C@H](CNC(=O)[C@H](C)Sc1nc2nc(C)cc(C)n2n1)c1ccccc1. The van der Waals surface area contributed by atoms with E-state index < -0.39 is 0 Å². The first-order valence-corrected chi connectivity index (χ1v) is 10.1. The molecule has 0 bridgehead atoms. The molecule has 6 nitrogen and oxygen atoms in total. The van der Waals surface area contributed by atoms with Gasteiger partial charge >= 0.3 is 0 Å². The number of carbonyl (C=O) groups excluding carboxylic acids is 1. The van der Waals surface area contributed by atoms with Crippen molar-refractivity contribution < 1.29 is 4.79 Å². The van der Waals surface area contributed by atoms with E-state index in [9.17, 15) is 4.79 Å². The summed E-state index contributed by atoms with van der Waals surface area (Å²) in [5, 5.41) is 7.81. The molecular weight excluding hydrogens is 358 g/mol. The average molecular weight is 384 g/mol. The smallest absolute Gasteiger partial charge is 0.253 e. The normalized spacial score (nSPS) is 13.5. The predicted molar refractivity (Wildman–Crippen MR) is 108 cm³/mol. The number of nitrogens with one attached hydrogen (secondary N) is 1. The minimum Gasteiger partial charge on any atom is -0.355 e. The van der Waals surface area contributed by atoms with Crippen molar-refractivity contribution in [3.63, 3.8) is 0 Å². The molecule has 1 N–H and O–H groups in total. The number of amides is 1. The molecule has 27 heavy (non-hydrogen) atoms. The number of aromatic nitrogens is 4. The fourth-order valence-electron chi connectivity index (χ4n) is 3.00. The van der Waals surface area contributed by atoms with Crippen molar-refractivity contribution in [3.8, 4) is 0 Å². The van der Waals surface area contributed by atoms with Gasteiger partial charge in [0.25, 0.3) is 5.78 Å². The molecule has 1 aromatic carbocycles. The minimum absolute atomic E-state index is 0.00546. The van der Waals surface area contributed by atoms with Crippen LogP contribution in [0.1, 0.15) is 43.1 Å². The first kappa shape index (κ1) is 19.4. The molecule has 0 aliphatic rings. The monoisotopic (exact) mass is 383 g/mol. The van der Waals surface area contributed by atoms with E-state index in [1.165, 1.54) is 17.3 Å². The van der Waals surface area contributed by atoms with Gasteiger partial charge < -0.3 is 5.32 Å². The molecule has 0 spiro atoms. The number of hydrogen-bond acceptors (Lipinski definition) is 5. The number of nitrogens with zero attached hydrogens (tertiary/aromatic N) is 4. The second-order valence-electron chi connectivity index (χ2n) is 6.67. The Labute approximate surface area is 163 Å². The van der Waals surface area contributed by atoms with E-state index in [0.29, 0.717) is 23.4 Å². The Morgan fingerprint density at radius 3 is 2.67 bits per heavy atom. The molecule has 7 heteroatoms. The minimum atomic E-state index is -0.280. The molecule has 142 valence electrons. The summed E-state index contributed by atoms with van der Waals surface area (Å²) in [6.07, 6.45) is 0.976. The van der Waals surface area contributed by atoms with Crippen LogP contribution in [0.15, 0.2) is 41.6 Å². The number of carbonyl (C=O) groups is 1. The zero-order chi connectivity index (χ0) is 19.4. The summed E-state index contributed by atoms with van der Waals surface area (Å²) in [6.45, 7) is 8.54. The third-order valence-corrected chi connectivity index (χ3v) is 5.49. The van der Waals surface area contributed by atoms with Crippen LogP contribution in [0.25, 0.3) is 5.78 Å². The second kappa shape index (κ2) is 8.52. The number of benzene rings is 1. The molecule has 2 atom stereocenters. The maximum absolute atomic E-state index is 12.5. The lowest BCUT2D eigenvalue weighted by Gasteiger charge is -2.17. The summed E-state index contributed by atoms with van der Waals surface area (Å²) in [7, 11) is 0. The highest BCUT2D eigenvalue weighted by atomic mass is 32.2. The van der Waals surface area contributed by atoms with Gasteiger partial charge in [-0.3, -0.25) is 4.79 Å². The molecule has 3 rings (SSSR count). The zero-order valence-corrected chi connectivity index (χ0v) is 17.0. The van der Waals surface area contributed by atoms with E-state index in [1.807, 2.05) is 45.0 Å². The lowest BCUT2D eigenvalue weighted by molar-refractivity contribution is -0.120. The number of thioether (sulfide) groups is 1. The molecule has 0 fully saturated rings. The summed E-state index contributed by atoms with van der Waals surface area (Å²) in [5.41, 5.74) is 3.13. The molecule has 3 aromatic rings. The number of hydrogen-bond donors (Lipinski definition) is 1. The Balaban J connectivity index is 1.61. The Hall–Kier alpha value is -2.41. The summed E-state index contributed by atoms with van der Waals surface area (Å²) < 4.78 is 1.71. The molecule has 0 radical (unpaired) electrons. The van der Waals surface area contributed by atoms with Gasteiger partial charge in [0.1, 0.15) is 0 Å². The van der Waals surface area contributed by atoms with Crippen LogP contribution in [0.3, 0.4) is 0 Å². The highest BCUT2D eigenvalue weighted by Crippen LogP contribution is 2.22. The lowest BCUT2D eigenvalue weighted by atomic mass is 9.96. The lowest BCUT2D eigenvalue weighted by Crippen LogP contribution is -2.34. The van der Waals surface area contributed by atoms with E-state index >= 15 is 0 Å². The standard InChI is InChI=1S/C20H25N5OS/c1-5-16(17-9-7-6-8-10-17)12-21-18(26)15(4)27-20-23-19-22-13(2)11-14(3)25(19)24-20/h6-11,15-16H,5,12H2,1-4H3,(H,21,26)/t15-,16+/m0/s1. The van der Waals surface area contributed by atoms with Crippen LogP contribution in [0.2, 0.25) is 0 Å². The van der Waals surface area contributed by atoms with Gasteiger partial charge in [-0.15, -0.1) is 5.10 Å². The van der Waals surface area contributed by atoms with Gasteiger partial charge in [-0.2, -0.15) is 4.98 Å². The summed E-state index contributed by atoms with van der Waals surface area (Å²) >= 11 is 1.35. The van der Waals surface area contributed by atoms with Crippen molar-refractivity contribution in [1.82, 2.24) is 24.9 Å². The van der Waals surface area contributed by atoms with Crippen LogP contribution in [0.5, 0.6) is 0 Å². The van der Waals surface area contributed by atoms with Crippen LogP contribution < -0.4 is 5.32 Å². The molecule has 0 saturated heterocycles. The van der Waals surface area contributed by atoms with Crippen molar-refractivity contribution in [2.24, 2.45) is 0 Å². The summed E-state index contributed by atoms with van der Waals surface area (Å²) in [6, 6.07) is 12.2. The van der Waals surface area contributed by atoms with Gasteiger partial charge in [0.15, 0.2) is 0 Å². The maximum Gasteiger partial charge on any atom is 0.253 e. The van der Waals surface area contributed by atoms with Gasteiger partial charge in [0, 0.05) is 23.9 Å². The van der Waals surface area contributed by atoms with Crippen molar-refractivity contribution in [3.05, 3.63) is 53.3 Å². The third-order valence-electron chi connectivity index (χ3n) is 4.54. The van der Waals surface area contributed by atoms with E-state index in [0.717, 1.165) is 17.8 Å². The fraction of sp³-hybridized carbons (Fsp3) is 0.400. The van der Waals surface area contributed by atoms with E-state index in [4.69, 9.17) is 0 Å². The van der Waals surface area contributed by atoms with Crippen LogP contribution in [0, 0.1) is 13.8 Å². The maximum atomic E-state index is 12.5. The van der Waals surface area contributed by atoms with Gasteiger partial charge in [-0.25, -0.2) is 9.50 Å². The third kappa shape index (κ3) is 4.66. The molecule has 0 aliphatic carbocycles. The van der Waals surface area contributed by atoms with Gasteiger partial charge in [0.05, 0.1) is 5.25 Å². The van der Waals surface area contributed by atoms with E-state index in [-0.39, 0.29) is 11.2 Å². The largest absolute Gasteiger partial charge is 0.355 e. The van der Waals surface area contributed by atoms with E-state index in [1.54, 1.807) is 4.52 Å². The predicted octanol–water partition coefficient (Wildman–Crippen LogP) is 3.53. The van der Waals surface area contributed by atoms with Crippen LogP contribution >= 0.6 is 11.8 Å². The Bertz CT molecular complexity index is 925. The zero-order valence-electron chi connectivity index (χ0n) is 16.1. The number of aryl methyl sites for hydroxylation is 2. The molecular formula is C20H25N5OS. The molecule has 0 unspecified atom stereocenters. The second-order valence-corrected chi connectivity index (χ2v) is 7.97. The first-order chi connectivity index (χ1) is 13.0. The molecule has 0 aliphatic heterocycles. The van der Waals surface area contributed by atoms with Crippen LogP contribution in [0.4, 0.5) is 0 Å². The van der Waals surface area contributed by atoms with Crippen molar-refractivity contribution in [2.45, 2.75) is 50.4 Å². The number of fused-ring (bicyclic) bond motifs is 1. The highest BCUT2D eigenvalue weighted by Gasteiger charge is 2.19. The Morgan fingerprint density at radius 2 is 1.96 bits per heavy atom. The molecule has 1 amide bonds. The van der Waals surface area contributed by atoms with Crippen molar-refractivity contribution in [1.29, 1.82) is 0 Å². The highest BCUT2D eigenvalue weighted by molar-refractivity contribution is 8.00.